The highest BCUT2D eigenvalue weighted by atomic mass is 16.7. The van der Waals surface area contributed by atoms with Crippen LogP contribution in [0.5, 0.6) is 0 Å². The molecule has 0 aliphatic carbocycles. The summed E-state index contributed by atoms with van der Waals surface area (Å²) in [5.74, 6) is -0.130. The van der Waals surface area contributed by atoms with Crippen molar-refractivity contribution in [2.45, 2.75) is 6.92 Å². The van der Waals surface area contributed by atoms with E-state index in [-0.39, 0.29) is 5.91 Å². The van der Waals surface area contributed by atoms with Gasteiger partial charge in [-0.2, -0.15) is 0 Å². The molecule has 4 nitrogen and oxygen atoms in total. The molecular weight excluding hydrogens is 84.0 g/mol. The maximum Gasteiger partial charge on any atom is 0.280 e. The standard InChI is InChI=1S/C2H4N2O2/c1-2(5)4-3-6-4/h3H,1H3. The number of nitrogens with one attached hydrogen (secondary N) is 1. The second-order valence-corrected chi connectivity index (χ2v) is 0.996. The monoisotopic (exact) mass is 88.0 g/mol. The third-order valence-corrected chi connectivity index (χ3v) is 0.469. The highest BCUT2D eigenvalue weighted by molar-refractivity contribution is 5.73. The van der Waals surface area contributed by atoms with Crippen LogP contribution >= 0.6 is 0 Å². The van der Waals surface area contributed by atoms with Crippen LogP contribution in [0.25, 0.3) is 0 Å². The Balaban J connectivity index is 2.62. The van der Waals surface area contributed by atoms with Gasteiger partial charge in [-0.25, -0.2) is 4.63 Å². The molecule has 0 atom stereocenters. The van der Waals surface area contributed by atoms with Crippen LogP contribution in [0.15, 0.2) is 4.63 Å². The molecule has 0 aliphatic heterocycles. The van der Waals surface area contributed by atoms with Crippen LogP contribution in [-0.2, 0) is 0 Å². The Morgan fingerprint density at radius 2 is 2.50 bits per heavy atom. The molecule has 1 rings (SSSR count). The minimum absolute atomic E-state index is 0.130. The lowest BCUT2D eigenvalue weighted by molar-refractivity contribution is 0.0902. The van der Waals surface area contributed by atoms with Crippen LogP contribution in [0, 0.1) is 0 Å². The van der Waals surface area contributed by atoms with Crippen molar-refractivity contribution in [1.29, 1.82) is 0 Å². The van der Waals surface area contributed by atoms with Gasteiger partial charge in [0.15, 0.2) is 0 Å². The molecule has 1 N–H and O–H groups in total. The van der Waals surface area contributed by atoms with Crippen LogP contribution in [0.3, 0.4) is 0 Å². The number of hydrogen-bond acceptors (Lipinski definition) is 2. The van der Waals surface area contributed by atoms with Crippen molar-refractivity contribution >= 4 is 5.91 Å². The number of aromatic nitrogens is 2. The van der Waals surface area contributed by atoms with Gasteiger partial charge >= 0.3 is 0 Å². The molecule has 1 heterocycles. The van der Waals surface area contributed by atoms with E-state index in [1.807, 2.05) is 0 Å². The molecule has 0 aliphatic rings. The summed E-state index contributed by atoms with van der Waals surface area (Å²) in [6.07, 6.45) is 0. The first-order valence-electron chi connectivity index (χ1n) is 1.54. The van der Waals surface area contributed by atoms with Crippen molar-refractivity contribution in [3.8, 4) is 0 Å². The Kier molecular flexibility index (Phi) is 0.418. The van der Waals surface area contributed by atoms with E-state index in [4.69, 9.17) is 0 Å². The SMILES string of the molecule is CC(=O)n1[nH]o1. The van der Waals surface area contributed by atoms with Gasteiger partial charge in [-0.05, 0) is 4.85 Å². The van der Waals surface area contributed by atoms with Crippen molar-refractivity contribution in [3.63, 3.8) is 0 Å². The molecule has 0 fully saturated rings. The third kappa shape index (κ3) is 0.357. The van der Waals surface area contributed by atoms with Crippen LogP contribution < -0.4 is 0 Å². The van der Waals surface area contributed by atoms with Crippen molar-refractivity contribution < 1.29 is 9.42 Å². The van der Waals surface area contributed by atoms with Gasteiger partial charge in [0, 0.05) is 6.92 Å². The third-order valence-electron chi connectivity index (χ3n) is 0.469. The number of H-pyrrole nitrogens is 1. The molecule has 0 bridgehead atoms. The number of nitrogens with zero attached hydrogens (tertiary/aromatic N) is 1. The summed E-state index contributed by atoms with van der Waals surface area (Å²) >= 11 is 0. The molecule has 0 spiro atoms. The summed E-state index contributed by atoms with van der Waals surface area (Å²) in [7, 11) is 0. The summed E-state index contributed by atoms with van der Waals surface area (Å²) in [5, 5.41) is 2.22. The van der Waals surface area contributed by atoms with Crippen LogP contribution in [-0.4, -0.2) is 16.0 Å². The highest BCUT2D eigenvalue weighted by Gasteiger charge is 1.99. The Labute approximate surface area is 33.6 Å². The molecule has 0 amide bonds. The van der Waals surface area contributed by atoms with Gasteiger partial charge in [0.05, 0.1) is 0 Å². The zero-order valence-corrected chi connectivity index (χ0v) is 3.26. The zero-order chi connectivity index (χ0) is 4.57. The molecule has 0 aromatic carbocycles. The largest absolute Gasteiger partial charge is 0.280 e. The Morgan fingerprint density at radius 1 is 2.00 bits per heavy atom. The molecule has 0 saturated heterocycles. The first-order valence-corrected chi connectivity index (χ1v) is 1.54. The topological polar surface area (TPSA) is 50.9 Å². The fraction of sp³-hybridized carbons (Fsp3) is 0.500. The lowest BCUT2D eigenvalue weighted by atomic mass is 10.8. The predicted octanol–water partition coefficient (Wildman–Crippen LogP) is 0.0693. The van der Waals surface area contributed by atoms with Gasteiger partial charge < -0.3 is 0 Å². The van der Waals surface area contributed by atoms with E-state index < -0.39 is 0 Å². The normalized spacial score (nSPS) is 9.50. The lowest BCUT2D eigenvalue weighted by Crippen LogP contribution is -1.92. The van der Waals surface area contributed by atoms with Crippen LogP contribution in [0.1, 0.15) is 11.7 Å². The van der Waals surface area contributed by atoms with Crippen LogP contribution in [0.4, 0.5) is 0 Å². The maximum atomic E-state index is 9.94. The number of aromatic amines is 1. The molecule has 34 valence electrons. The van der Waals surface area contributed by atoms with Crippen molar-refractivity contribution in [2.24, 2.45) is 0 Å². The average Bonchev–Trinajstić information content (AvgIpc) is 2.06. The lowest BCUT2D eigenvalue weighted by Gasteiger charge is -1.65. The molecule has 1 aromatic rings. The molecule has 1 aromatic heterocycles. The summed E-state index contributed by atoms with van der Waals surface area (Å²) < 4.78 is 4.20. The molecule has 0 saturated carbocycles. The summed E-state index contributed by atoms with van der Waals surface area (Å²) in [4.78, 5) is 11.0. The molecular formula is C2H4N2O2. The summed E-state index contributed by atoms with van der Waals surface area (Å²) in [5.41, 5.74) is 0. The second-order valence-electron chi connectivity index (χ2n) is 0.996. The van der Waals surface area contributed by atoms with E-state index in [2.05, 4.69) is 9.90 Å². The van der Waals surface area contributed by atoms with Gasteiger partial charge in [-0.3, -0.25) is 4.79 Å². The smallest absolute Gasteiger partial charge is 0.269 e. The van der Waals surface area contributed by atoms with E-state index in [1.165, 1.54) is 6.92 Å². The van der Waals surface area contributed by atoms with Crippen molar-refractivity contribution in [2.75, 3.05) is 0 Å². The zero-order valence-electron chi connectivity index (χ0n) is 3.26. The molecule has 4 heteroatoms. The first kappa shape index (κ1) is 3.27. The highest BCUT2D eigenvalue weighted by Crippen LogP contribution is 1.80. The first-order chi connectivity index (χ1) is 2.80. The van der Waals surface area contributed by atoms with E-state index in [0.29, 0.717) is 0 Å². The summed E-state index contributed by atoms with van der Waals surface area (Å²) in [6, 6.07) is 0. The Hall–Kier alpha value is -0.930. The van der Waals surface area contributed by atoms with E-state index in [1.54, 1.807) is 0 Å². The van der Waals surface area contributed by atoms with Crippen molar-refractivity contribution in [3.05, 3.63) is 0 Å². The minimum Gasteiger partial charge on any atom is -0.269 e. The molecule has 0 radical (unpaired) electrons. The molecule has 0 unspecified atom stereocenters. The van der Waals surface area contributed by atoms with Gasteiger partial charge in [-0.15, -0.1) is 0 Å². The van der Waals surface area contributed by atoms with Gasteiger partial charge in [0.2, 0.25) is 0 Å². The minimum atomic E-state index is -0.130. The Morgan fingerprint density at radius 3 is 2.50 bits per heavy atom. The fourth-order valence-electron chi connectivity index (χ4n) is 0.149. The molecule has 6 heavy (non-hydrogen) atoms. The van der Waals surface area contributed by atoms with Crippen molar-refractivity contribution in [1.82, 2.24) is 10.1 Å². The van der Waals surface area contributed by atoms with E-state index in [0.717, 1.165) is 4.85 Å². The van der Waals surface area contributed by atoms with Crippen LogP contribution in [0.2, 0.25) is 0 Å². The number of hydrogen-bond donors (Lipinski definition) is 1. The Bertz CT molecular complexity index is 127. The van der Waals surface area contributed by atoms with Gasteiger partial charge in [0.25, 0.3) is 5.91 Å². The fourth-order valence-corrected chi connectivity index (χ4v) is 0.149. The van der Waals surface area contributed by atoms with E-state index >= 15 is 0 Å². The number of carbonyl (C=O) groups excluding carboxylic acids is 1. The number of rotatable bonds is 0. The van der Waals surface area contributed by atoms with Gasteiger partial charge in [-0.1, -0.05) is 5.27 Å². The average molecular weight is 88.1 g/mol. The predicted molar refractivity (Wildman–Crippen MR) is 17.3 cm³/mol. The second kappa shape index (κ2) is 0.767. The van der Waals surface area contributed by atoms with Gasteiger partial charge in [0.1, 0.15) is 0 Å². The number of carbonyl (C=O) groups is 1. The maximum absolute atomic E-state index is 9.94. The summed E-state index contributed by atoms with van der Waals surface area (Å²) in [6.45, 7) is 1.40. The van der Waals surface area contributed by atoms with E-state index in [9.17, 15) is 4.79 Å². The quantitative estimate of drug-likeness (QED) is 0.487.